The van der Waals surface area contributed by atoms with Crippen molar-refractivity contribution in [1.29, 1.82) is 0 Å². The molecule has 7 heteroatoms. The zero-order valence-electron chi connectivity index (χ0n) is 15.0. The van der Waals surface area contributed by atoms with Gasteiger partial charge >= 0.3 is 0 Å². The first-order chi connectivity index (χ1) is 12.5. The quantitative estimate of drug-likeness (QED) is 0.765. The van der Waals surface area contributed by atoms with E-state index in [1.54, 1.807) is 15.6 Å². The van der Waals surface area contributed by atoms with Crippen LogP contribution in [-0.4, -0.2) is 43.0 Å². The number of rotatable bonds is 4. The maximum absolute atomic E-state index is 13.2. The van der Waals surface area contributed by atoms with Crippen LogP contribution in [0.2, 0.25) is 0 Å². The number of nitrogens with zero attached hydrogens (tertiary/aromatic N) is 5. The Kier molecular flexibility index (Phi) is 3.78. The summed E-state index contributed by atoms with van der Waals surface area (Å²) < 4.78 is 4.48. The number of aromatic nitrogens is 4. The van der Waals surface area contributed by atoms with Crippen LogP contribution >= 0.6 is 15.9 Å². The van der Waals surface area contributed by atoms with Gasteiger partial charge in [0.25, 0.3) is 5.91 Å². The van der Waals surface area contributed by atoms with Crippen LogP contribution in [0.4, 0.5) is 0 Å². The van der Waals surface area contributed by atoms with E-state index >= 15 is 0 Å². The zero-order valence-corrected chi connectivity index (χ0v) is 16.6. The first kappa shape index (κ1) is 16.5. The Morgan fingerprint density at radius 2 is 1.88 bits per heavy atom. The zero-order chi connectivity index (χ0) is 17.9. The topological polar surface area (TPSA) is 56.0 Å². The molecule has 0 radical (unpaired) electrons. The molecule has 4 aliphatic rings. The van der Waals surface area contributed by atoms with E-state index in [1.807, 2.05) is 30.4 Å². The van der Waals surface area contributed by atoms with Gasteiger partial charge in [-0.15, -0.1) is 0 Å². The summed E-state index contributed by atoms with van der Waals surface area (Å²) in [5.74, 6) is 2.54. The summed E-state index contributed by atoms with van der Waals surface area (Å²) in [5.41, 5.74) is 0.608. The number of hydrogen-bond acceptors (Lipinski definition) is 3. The van der Waals surface area contributed by atoms with Gasteiger partial charge < -0.3 is 4.90 Å². The minimum Gasteiger partial charge on any atom is -0.335 e. The number of carbonyl (C=O) groups excluding carboxylic acids is 1. The highest BCUT2D eigenvalue weighted by atomic mass is 79.9. The number of halogens is 1. The van der Waals surface area contributed by atoms with Crippen LogP contribution in [0.25, 0.3) is 0 Å². The third-order valence-electron chi connectivity index (χ3n) is 6.77. The van der Waals surface area contributed by atoms with Gasteiger partial charge in [-0.1, -0.05) is 0 Å². The van der Waals surface area contributed by atoms with E-state index in [2.05, 4.69) is 26.1 Å². The first-order valence-corrected chi connectivity index (χ1v) is 10.3. The predicted molar refractivity (Wildman–Crippen MR) is 101 cm³/mol. The van der Waals surface area contributed by atoms with Gasteiger partial charge in [-0.2, -0.15) is 10.2 Å². The molecule has 0 unspecified atom stereocenters. The molecule has 1 amide bonds. The minimum absolute atomic E-state index is 0.0624. The summed E-state index contributed by atoms with van der Waals surface area (Å²) in [6.45, 7) is 0.500. The highest BCUT2D eigenvalue weighted by Gasteiger charge is 2.53. The van der Waals surface area contributed by atoms with Crippen molar-refractivity contribution in [3.8, 4) is 0 Å². The van der Waals surface area contributed by atoms with E-state index in [0.717, 1.165) is 22.2 Å². The van der Waals surface area contributed by atoms with Crippen molar-refractivity contribution in [2.24, 2.45) is 17.8 Å². The minimum atomic E-state index is 0.0624. The molecule has 0 spiro atoms. The molecule has 4 fully saturated rings. The van der Waals surface area contributed by atoms with Crippen LogP contribution in [-0.2, 0) is 6.67 Å². The van der Waals surface area contributed by atoms with Crippen molar-refractivity contribution in [3.05, 3.63) is 34.8 Å². The SMILES string of the molecule is CN(C(=O)c1ccn(Cn2cc(Br)cn2)n1)C12CC3CC(CC(C3)C1)C2. The Labute approximate surface area is 161 Å². The Morgan fingerprint density at radius 3 is 2.46 bits per heavy atom. The molecular weight excluding hydrogens is 394 g/mol. The van der Waals surface area contributed by atoms with Crippen molar-refractivity contribution >= 4 is 21.8 Å². The van der Waals surface area contributed by atoms with Crippen molar-refractivity contribution in [3.63, 3.8) is 0 Å². The molecule has 0 aromatic carbocycles. The van der Waals surface area contributed by atoms with E-state index in [4.69, 9.17) is 0 Å². The molecule has 0 N–H and O–H groups in total. The lowest BCUT2D eigenvalue weighted by molar-refractivity contribution is -0.0667. The average Bonchev–Trinajstić information content (AvgIpc) is 3.22. The van der Waals surface area contributed by atoms with E-state index in [-0.39, 0.29) is 11.4 Å². The lowest BCUT2D eigenvalue weighted by Crippen LogP contribution is -2.60. The van der Waals surface area contributed by atoms with Gasteiger partial charge in [-0.05, 0) is 78.3 Å². The normalized spacial score (nSPS) is 32.2. The van der Waals surface area contributed by atoms with Crippen LogP contribution in [0.1, 0.15) is 49.0 Å². The Balaban J connectivity index is 1.33. The lowest BCUT2D eigenvalue weighted by atomic mass is 9.52. The van der Waals surface area contributed by atoms with Gasteiger partial charge in [-0.3, -0.25) is 9.48 Å². The van der Waals surface area contributed by atoms with Crippen molar-refractivity contribution in [2.75, 3.05) is 7.05 Å². The first-order valence-electron chi connectivity index (χ1n) is 9.50. The summed E-state index contributed by atoms with van der Waals surface area (Å²) >= 11 is 3.40. The Bertz CT molecular complexity index is 805. The molecule has 2 aromatic heterocycles. The molecule has 6 rings (SSSR count). The molecule has 138 valence electrons. The molecule has 4 aliphatic carbocycles. The fraction of sp³-hybridized carbons (Fsp3) is 0.632. The van der Waals surface area contributed by atoms with Crippen molar-refractivity contribution in [1.82, 2.24) is 24.5 Å². The van der Waals surface area contributed by atoms with E-state index in [9.17, 15) is 4.79 Å². The van der Waals surface area contributed by atoms with E-state index < -0.39 is 0 Å². The largest absolute Gasteiger partial charge is 0.335 e. The fourth-order valence-electron chi connectivity index (χ4n) is 5.98. The van der Waals surface area contributed by atoms with Crippen LogP contribution in [0.3, 0.4) is 0 Å². The Morgan fingerprint density at radius 1 is 1.23 bits per heavy atom. The predicted octanol–water partition coefficient (Wildman–Crippen LogP) is 3.39. The summed E-state index contributed by atoms with van der Waals surface area (Å²) in [5, 5.41) is 8.75. The second kappa shape index (κ2) is 5.94. The van der Waals surface area contributed by atoms with E-state index in [0.29, 0.717) is 12.4 Å². The van der Waals surface area contributed by atoms with Crippen LogP contribution in [0.5, 0.6) is 0 Å². The summed E-state index contributed by atoms with van der Waals surface area (Å²) in [4.78, 5) is 15.2. The lowest BCUT2D eigenvalue weighted by Gasteiger charge is -2.59. The number of carbonyl (C=O) groups is 1. The molecule has 0 saturated heterocycles. The number of amides is 1. The molecule has 4 saturated carbocycles. The van der Waals surface area contributed by atoms with Gasteiger partial charge in [0.1, 0.15) is 12.4 Å². The van der Waals surface area contributed by atoms with Gasteiger partial charge in [0.05, 0.1) is 10.7 Å². The van der Waals surface area contributed by atoms with Gasteiger partial charge in [0.2, 0.25) is 0 Å². The van der Waals surface area contributed by atoms with Gasteiger partial charge in [-0.25, -0.2) is 4.68 Å². The molecule has 4 bridgehead atoms. The molecule has 2 heterocycles. The highest BCUT2D eigenvalue weighted by Crippen LogP contribution is 2.57. The van der Waals surface area contributed by atoms with Crippen LogP contribution in [0, 0.1) is 17.8 Å². The van der Waals surface area contributed by atoms with Gasteiger partial charge in [0, 0.05) is 25.0 Å². The molecular formula is C19H24BrN5O. The summed E-state index contributed by atoms with van der Waals surface area (Å²) in [7, 11) is 2.00. The molecule has 6 nitrogen and oxygen atoms in total. The monoisotopic (exact) mass is 417 g/mol. The third kappa shape index (κ3) is 2.71. The van der Waals surface area contributed by atoms with Crippen molar-refractivity contribution < 1.29 is 4.79 Å². The second-order valence-corrected chi connectivity index (χ2v) is 9.50. The van der Waals surface area contributed by atoms with Crippen LogP contribution in [0.15, 0.2) is 29.1 Å². The highest BCUT2D eigenvalue weighted by molar-refractivity contribution is 9.10. The average molecular weight is 418 g/mol. The number of hydrogen-bond donors (Lipinski definition) is 0. The molecule has 2 aromatic rings. The van der Waals surface area contributed by atoms with Crippen molar-refractivity contribution in [2.45, 2.75) is 50.7 Å². The third-order valence-corrected chi connectivity index (χ3v) is 7.18. The molecule has 26 heavy (non-hydrogen) atoms. The maximum atomic E-state index is 13.2. The van der Waals surface area contributed by atoms with E-state index in [1.165, 1.54) is 38.5 Å². The summed E-state index contributed by atoms with van der Waals surface area (Å²) in [6, 6.07) is 1.83. The Hall–Kier alpha value is -1.63. The molecule has 0 aliphatic heterocycles. The fourth-order valence-corrected chi connectivity index (χ4v) is 6.31. The summed E-state index contributed by atoms with van der Waals surface area (Å²) in [6.07, 6.45) is 13.2. The second-order valence-electron chi connectivity index (χ2n) is 8.59. The maximum Gasteiger partial charge on any atom is 0.274 e. The standard InChI is InChI=1S/C19H24BrN5O/c1-23(19-7-13-4-14(8-19)6-15(5-13)9-19)18(26)17-2-3-24(22-17)12-25-11-16(20)10-21-25/h2-3,10-11,13-15H,4-9,12H2,1H3. The van der Waals surface area contributed by atoms with Gasteiger partial charge in [0.15, 0.2) is 0 Å². The smallest absolute Gasteiger partial charge is 0.274 e. The van der Waals surface area contributed by atoms with Crippen LogP contribution < -0.4 is 0 Å². The molecule has 0 atom stereocenters.